The molecule has 1 spiro atoms. The van der Waals surface area contributed by atoms with Crippen LogP contribution in [0.15, 0.2) is 49.1 Å². The number of aromatic nitrogens is 8. The molecule has 1 atom stereocenters. The molecule has 0 N–H and O–H groups in total. The summed E-state index contributed by atoms with van der Waals surface area (Å²) in [6.45, 7) is 1.83. The normalized spacial score (nSPS) is 18.9. The summed E-state index contributed by atoms with van der Waals surface area (Å²) in [6, 6.07) is 9.06. The van der Waals surface area contributed by atoms with Crippen LogP contribution >= 0.6 is 0 Å². The fourth-order valence-electron chi connectivity index (χ4n) is 4.03. The Hall–Kier alpha value is -3.63. The van der Waals surface area contributed by atoms with Gasteiger partial charge in [-0.1, -0.05) is 4.98 Å². The predicted octanol–water partition coefficient (Wildman–Crippen LogP) is 0.945. The Morgan fingerprint density at radius 2 is 1.89 bits per heavy atom. The highest BCUT2D eigenvalue weighted by Crippen LogP contribution is 2.38. The van der Waals surface area contributed by atoms with Crippen molar-refractivity contribution in [2.45, 2.75) is 19.0 Å². The number of rotatable bonds is 0. The highest BCUT2D eigenvalue weighted by molar-refractivity contribution is 5.55. The second-order valence-electron chi connectivity index (χ2n) is 6.64. The van der Waals surface area contributed by atoms with Crippen LogP contribution < -0.4 is 9.13 Å². The predicted molar refractivity (Wildman–Crippen MR) is 85.2 cm³/mol. The zero-order valence-electron chi connectivity index (χ0n) is 14.3. The SMILES string of the molecule is Cc1cc2n(n1)C1(n3nc(C(F)(F)F)nc3-c3ccnc[n+]31)[n+]1ccccc1-2. The number of pyridine rings is 1. The number of fused-ring (bicyclic) bond motifs is 10. The van der Waals surface area contributed by atoms with Crippen molar-refractivity contribution in [2.24, 2.45) is 0 Å². The molecule has 11 heteroatoms. The molecular formula is C17H11F3N8+2. The maximum Gasteiger partial charge on any atom is 0.527 e. The molecule has 4 aromatic rings. The average molecular weight is 384 g/mol. The molecule has 0 bridgehead atoms. The molecule has 2 aliphatic heterocycles. The minimum atomic E-state index is -4.66. The first-order valence-electron chi connectivity index (χ1n) is 8.42. The third-order valence-corrected chi connectivity index (χ3v) is 5.02. The fourth-order valence-corrected chi connectivity index (χ4v) is 4.03. The van der Waals surface area contributed by atoms with Gasteiger partial charge in [-0.05, 0) is 19.1 Å². The van der Waals surface area contributed by atoms with Crippen LogP contribution in [-0.4, -0.2) is 29.5 Å². The van der Waals surface area contributed by atoms with E-state index in [1.54, 1.807) is 33.9 Å². The van der Waals surface area contributed by atoms with Gasteiger partial charge < -0.3 is 0 Å². The zero-order valence-corrected chi connectivity index (χ0v) is 14.3. The van der Waals surface area contributed by atoms with E-state index in [0.717, 1.165) is 17.1 Å². The van der Waals surface area contributed by atoms with Gasteiger partial charge in [-0.15, -0.1) is 23.6 Å². The number of hydrogen-bond acceptors (Lipinski definition) is 4. The van der Waals surface area contributed by atoms with E-state index < -0.39 is 17.9 Å². The lowest BCUT2D eigenvalue weighted by Crippen LogP contribution is -2.77. The van der Waals surface area contributed by atoms with E-state index in [0.29, 0.717) is 5.69 Å². The first-order chi connectivity index (χ1) is 13.4. The van der Waals surface area contributed by atoms with Crippen molar-refractivity contribution in [3.63, 3.8) is 0 Å². The Labute approximate surface area is 155 Å². The Balaban J connectivity index is 1.81. The van der Waals surface area contributed by atoms with E-state index in [1.807, 2.05) is 29.7 Å². The molecule has 138 valence electrons. The molecule has 6 rings (SSSR count). The molecule has 0 saturated heterocycles. The summed E-state index contributed by atoms with van der Waals surface area (Å²) in [5.41, 5.74) is 2.75. The van der Waals surface area contributed by atoms with E-state index in [1.165, 1.54) is 10.9 Å². The van der Waals surface area contributed by atoms with Crippen molar-refractivity contribution in [3.05, 3.63) is 60.6 Å². The van der Waals surface area contributed by atoms with Gasteiger partial charge in [0.2, 0.25) is 11.5 Å². The van der Waals surface area contributed by atoms with E-state index in [2.05, 4.69) is 20.2 Å². The standard InChI is InChI=1S/C17H11F3N8/c1-10-8-13-11-4-2-3-7-25(11)17(27(13)23-10)26-9-21-6-5-12(26)14-22-15(16(18,19)20)24-28(14)17/h2-9H,1H3/q+2. The molecule has 4 aromatic heterocycles. The topological polar surface area (TPSA) is 69.2 Å². The van der Waals surface area contributed by atoms with Crippen LogP contribution in [0.3, 0.4) is 0 Å². The van der Waals surface area contributed by atoms with Crippen LogP contribution in [0, 0.1) is 6.92 Å². The summed E-state index contributed by atoms with van der Waals surface area (Å²) in [4.78, 5) is 7.98. The van der Waals surface area contributed by atoms with E-state index in [4.69, 9.17) is 0 Å². The minimum Gasteiger partial charge on any atom is -0.199 e. The summed E-state index contributed by atoms with van der Waals surface area (Å²) in [5, 5.41) is 8.46. The molecule has 0 amide bonds. The van der Waals surface area contributed by atoms with Gasteiger partial charge in [0, 0.05) is 18.2 Å². The summed E-state index contributed by atoms with van der Waals surface area (Å²) < 4.78 is 46.7. The molecule has 0 saturated carbocycles. The summed E-state index contributed by atoms with van der Waals surface area (Å²) in [6.07, 6.45) is 0.183. The highest BCUT2D eigenvalue weighted by atomic mass is 19.4. The van der Waals surface area contributed by atoms with Crippen molar-refractivity contribution in [2.75, 3.05) is 0 Å². The molecule has 0 aromatic carbocycles. The van der Waals surface area contributed by atoms with Crippen LogP contribution in [0.5, 0.6) is 0 Å². The number of alkyl halides is 3. The fraction of sp³-hybridized carbons (Fsp3) is 0.176. The molecule has 6 heterocycles. The van der Waals surface area contributed by atoms with Crippen LogP contribution in [0.4, 0.5) is 13.2 Å². The van der Waals surface area contributed by atoms with E-state index >= 15 is 0 Å². The van der Waals surface area contributed by atoms with Gasteiger partial charge in [0.15, 0.2) is 11.9 Å². The number of aryl methyl sites for hydroxylation is 1. The van der Waals surface area contributed by atoms with Crippen molar-refractivity contribution in [1.29, 1.82) is 0 Å². The van der Waals surface area contributed by atoms with Crippen molar-refractivity contribution < 1.29 is 22.3 Å². The highest BCUT2D eigenvalue weighted by Gasteiger charge is 2.67. The maximum atomic E-state index is 13.4. The second-order valence-corrected chi connectivity index (χ2v) is 6.64. The molecule has 0 fully saturated rings. The zero-order chi connectivity index (χ0) is 19.3. The average Bonchev–Trinajstić information content (AvgIpc) is 3.37. The van der Waals surface area contributed by atoms with Gasteiger partial charge in [0.05, 0.1) is 5.69 Å². The minimum absolute atomic E-state index is 0.0954. The maximum absolute atomic E-state index is 13.4. The van der Waals surface area contributed by atoms with Crippen LogP contribution in [-0.2, 0) is 12.1 Å². The smallest absolute Gasteiger partial charge is 0.199 e. The van der Waals surface area contributed by atoms with Crippen LogP contribution in [0.2, 0.25) is 0 Å². The molecule has 1 unspecified atom stereocenters. The molecule has 28 heavy (non-hydrogen) atoms. The van der Waals surface area contributed by atoms with E-state index in [-0.39, 0.29) is 5.82 Å². The van der Waals surface area contributed by atoms with Crippen molar-refractivity contribution in [3.8, 4) is 22.9 Å². The van der Waals surface area contributed by atoms with Crippen LogP contribution in [0.1, 0.15) is 11.5 Å². The Morgan fingerprint density at radius 3 is 2.71 bits per heavy atom. The first kappa shape index (κ1) is 15.4. The second kappa shape index (κ2) is 4.61. The van der Waals surface area contributed by atoms with Crippen molar-refractivity contribution >= 4 is 0 Å². The Kier molecular flexibility index (Phi) is 2.54. The number of nitrogens with zero attached hydrogens (tertiary/aromatic N) is 8. The van der Waals surface area contributed by atoms with Gasteiger partial charge in [-0.2, -0.15) is 23.3 Å². The summed E-state index contributed by atoms with van der Waals surface area (Å²) >= 11 is 0. The molecule has 2 aliphatic rings. The lowest BCUT2D eigenvalue weighted by atomic mass is 10.2. The van der Waals surface area contributed by atoms with Crippen LogP contribution in [0.25, 0.3) is 22.9 Å². The third kappa shape index (κ3) is 1.58. The largest absolute Gasteiger partial charge is 0.527 e. The quantitative estimate of drug-likeness (QED) is 0.366. The number of hydrogen-bond donors (Lipinski definition) is 0. The van der Waals surface area contributed by atoms with Gasteiger partial charge in [-0.25, -0.2) is 0 Å². The molecular weight excluding hydrogens is 373 g/mol. The summed E-state index contributed by atoms with van der Waals surface area (Å²) in [5.74, 6) is -2.45. The van der Waals surface area contributed by atoms with E-state index in [9.17, 15) is 13.2 Å². The molecule has 0 aliphatic carbocycles. The lowest BCUT2D eigenvalue weighted by Gasteiger charge is -2.18. The Bertz CT molecular complexity index is 1290. The third-order valence-electron chi connectivity index (χ3n) is 5.02. The van der Waals surface area contributed by atoms with Gasteiger partial charge in [-0.3, -0.25) is 0 Å². The lowest BCUT2D eigenvalue weighted by molar-refractivity contribution is -0.991. The molecule has 8 nitrogen and oxygen atoms in total. The Morgan fingerprint density at radius 1 is 1.04 bits per heavy atom. The first-order valence-corrected chi connectivity index (χ1v) is 8.42. The van der Waals surface area contributed by atoms with Gasteiger partial charge in [0.25, 0.3) is 12.2 Å². The molecule has 0 radical (unpaired) electrons. The van der Waals surface area contributed by atoms with Crippen molar-refractivity contribution in [1.82, 2.24) is 29.5 Å². The van der Waals surface area contributed by atoms with Gasteiger partial charge >= 0.3 is 12.1 Å². The number of halogens is 3. The summed E-state index contributed by atoms with van der Waals surface area (Å²) in [7, 11) is 0. The van der Waals surface area contributed by atoms with Gasteiger partial charge in [0.1, 0.15) is 11.9 Å². The monoisotopic (exact) mass is 384 g/mol.